The van der Waals surface area contributed by atoms with Gasteiger partial charge in [0.1, 0.15) is 18.6 Å². The quantitative estimate of drug-likeness (QED) is 0.858. The molecular weight excluding hydrogens is 298 g/mol. The van der Waals surface area contributed by atoms with Gasteiger partial charge in [0.05, 0.1) is 19.3 Å². The Morgan fingerprint density at radius 2 is 2.04 bits per heavy atom. The maximum absolute atomic E-state index is 11.9. The molecule has 0 radical (unpaired) electrons. The van der Waals surface area contributed by atoms with Crippen LogP contribution in [0.1, 0.15) is 37.4 Å². The average Bonchev–Trinajstić information content (AvgIpc) is 3.27. The number of rotatable bonds is 4. The molecule has 6 nitrogen and oxygen atoms in total. The fourth-order valence-corrected chi connectivity index (χ4v) is 3.64. The van der Waals surface area contributed by atoms with Gasteiger partial charge in [0.25, 0.3) is 0 Å². The maximum Gasteiger partial charge on any atom is 0.313 e. The average molecular weight is 319 g/mol. The van der Waals surface area contributed by atoms with Crippen LogP contribution < -0.4 is 15.0 Å². The normalized spacial score (nSPS) is 30.3. The third-order valence-corrected chi connectivity index (χ3v) is 4.90. The molecule has 0 aromatic heterocycles. The van der Waals surface area contributed by atoms with Gasteiger partial charge >= 0.3 is 5.97 Å². The van der Waals surface area contributed by atoms with E-state index in [1.807, 2.05) is 18.2 Å². The number of fused-ring (bicyclic) bond motifs is 1. The molecule has 3 unspecified atom stereocenters. The van der Waals surface area contributed by atoms with Crippen LogP contribution in [0.2, 0.25) is 0 Å². The van der Waals surface area contributed by atoms with E-state index in [1.54, 1.807) is 7.11 Å². The summed E-state index contributed by atoms with van der Waals surface area (Å²) in [6.45, 7) is 0.363. The molecule has 3 atom stereocenters. The molecule has 23 heavy (non-hydrogen) atoms. The lowest BCUT2D eigenvalue weighted by molar-refractivity contribution is -0.145. The second kappa shape index (κ2) is 6.02. The standard InChI is InChI=1S/C17H21NO5/c1-20-13-7-6-10(8-14(13)22-11-4-2-3-5-11)16-15-12(18-23-16)9-21-17(15)19/h6-8,11-12,15-16,18H,2-5,9H2,1H3. The minimum Gasteiger partial charge on any atom is -0.493 e. The summed E-state index contributed by atoms with van der Waals surface area (Å²) < 4.78 is 16.6. The molecule has 3 fully saturated rings. The third kappa shape index (κ3) is 2.66. The molecule has 2 aliphatic heterocycles. The van der Waals surface area contributed by atoms with Crippen molar-refractivity contribution in [1.29, 1.82) is 0 Å². The maximum atomic E-state index is 11.9. The van der Waals surface area contributed by atoms with E-state index in [9.17, 15) is 4.79 Å². The molecule has 0 bridgehead atoms. The number of hydrogen-bond acceptors (Lipinski definition) is 6. The van der Waals surface area contributed by atoms with Crippen molar-refractivity contribution < 1.29 is 23.8 Å². The highest BCUT2D eigenvalue weighted by Crippen LogP contribution is 2.41. The third-order valence-electron chi connectivity index (χ3n) is 4.90. The minimum absolute atomic E-state index is 0.0752. The molecule has 2 saturated heterocycles. The number of benzene rings is 1. The zero-order valence-corrected chi connectivity index (χ0v) is 13.1. The first-order valence-corrected chi connectivity index (χ1v) is 8.18. The smallest absolute Gasteiger partial charge is 0.313 e. The van der Waals surface area contributed by atoms with Gasteiger partial charge in [-0.3, -0.25) is 9.63 Å². The number of carbonyl (C=O) groups is 1. The van der Waals surface area contributed by atoms with Crippen molar-refractivity contribution in [3.05, 3.63) is 23.8 Å². The van der Waals surface area contributed by atoms with E-state index in [4.69, 9.17) is 19.0 Å². The molecule has 1 saturated carbocycles. The molecule has 124 valence electrons. The molecule has 1 aromatic rings. The van der Waals surface area contributed by atoms with Crippen molar-refractivity contribution in [2.24, 2.45) is 5.92 Å². The predicted octanol–water partition coefficient (Wildman–Crippen LogP) is 2.13. The van der Waals surface area contributed by atoms with E-state index in [0.717, 1.165) is 24.2 Å². The van der Waals surface area contributed by atoms with Crippen molar-refractivity contribution in [2.75, 3.05) is 13.7 Å². The Labute approximate surface area is 135 Å². The van der Waals surface area contributed by atoms with Crippen LogP contribution in [0.25, 0.3) is 0 Å². The summed E-state index contributed by atoms with van der Waals surface area (Å²) >= 11 is 0. The second-order valence-corrected chi connectivity index (χ2v) is 6.35. The second-order valence-electron chi connectivity index (χ2n) is 6.35. The molecular formula is C17H21NO5. The highest BCUT2D eigenvalue weighted by molar-refractivity contribution is 5.77. The summed E-state index contributed by atoms with van der Waals surface area (Å²) in [6.07, 6.45) is 4.45. The lowest BCUT2D eigenvalue weighted by Gasteiger charge is -2.19. The van der Waals surface area contributed by atoms with Crippen LogP contribution in [0.3, 0.4) is 0 Å². The van der Waals surface area contributed by atoms with Crippen molar-refractivity contribution in [1.82, 2.24) is 5.48 Å². The molecule has 1 aliphatic carbocycles. The number of ether oxygens (including phenoxy) is 3. The van der Waals surface area contributed by atoms with Crippen molar-refractivity contribution in [2.45, 2.75) is 43.9 Å². The van der Waals surface area contributed by atoms with Crippen LogP contribution >= 0.6 is 0 Å². The highest BCUT2D eigenvalue weighted by atomic mass is 16.7. The van der Waals surface area contributed by atoms with Crippen LogP contribution in [0.5, 0.6) is 11.5 Å². The van der Waals surface area contributed by atoms with Crippen LogP contribution in [0.4, 0.5) is 0 Å². The number of hydrogen-bond donors (Lipinski definition) is 1. The first-order valence-electron chi connectivity index (χ1n) is 8.18. The van der Waals surface area contributed by atoms with Gasteiger partial charge in [-0.1, -0.05) is 6.07 Å². The summed E-state index contributed by atoms with van der Waals surface area (Å²) in [4.78, 5) is 17.6. The van der Waals surface area contributed by atoms with E-state index >= 15 is 0 Å². The van der Waals surface area contributed by atoms with Crippen LogP contribution in [-0.2, 0) is 14.4 Å². The number of cyclic esters (lactones) is 1. The van der Waals surface area contributed by atoms with Crippen LogP contribution in [0, 0.1) is 5.92 Å². The van der Waals surface area contributed by atoms with Crippen molar-refractivity contribution >= 4 is 5.97 Å². The monoisotopic (exact) mass is 319 g/mol. The Bertz CT molecular complexity index is 599. The van der Waals surface area contributed by atoms with Gasteiger partial charge in [0.15, 0.2) is 11.5 Å². The first-order chi connectivity index (χ1) is 11.3. The molecule has 1 aromatic carbocycles. The van der Waals surface area contributed by atoms with Gasteiger partial charge in [-0.25, -0.2) is 0 Å². The molecule has 3 aliphatic rings. The summed E-state index contributed by atoms with van der Waals surface area (Å²) in [5, 5.41) is 0. The summed E-state index contributed by atoms with van der Waals surface area (Å²) in [6, 6.07) is 5.64. The number of carbonyl (C=O) groups excluding carboxylic acids is 1. The van der Waals surface area contributed by atoms with E-state index < -0.39 is 0 Å². The number of hydroxylamine groups is 1. The minimum atomic E-state index is -0.355. The van der Waals surface area contributed by atoms with E-state index in [0.29, 0.717) is 12.4 Å². The van der Waals surface area contributed by atoms with Crippen LogP contribution in [0.15, 0.2) is 18.2 Å². The SMILES string of the molecule is COc1ccc(C2ONC3COC(=O)C32)cc1OC1CCCC1. The lowest BCUT2D eigenvalue weighted by atomic mass is 9.92. The van der Waals surface area contributed by atoms with E-state index in [1.165, 1.54) is 12.8 Å². The van der Waals surface area contributed by atoms with E-state index in [2.05, 4.69) is 5.48 Å². The zero-order chi connectivity index (χ0) is 15.8. The zero-order valence-electron chi connectivity index (χ0n) is 13.1. The summed E-state index contributed by atoms with van der Waals surface area (Å²) in [5.41, 5.74) is 3.80. The van der Waals surface area contributed by atoms with Crippen molar-refractivity contribution in [3.8, 4) is 11.5 Å². The fraction of sp³-hybridized carbons (Fsp3) is 0.588. The molecule has 6 heteroatoms. The number of methoxy groups -OCH3 is 1. The van der Waals surface area contributed by atoms with Gasteiger partial charge in [0, 0.05) is 0 Å². The molecule has 2 heterocycles. The summed E-state index contributed by atoms with van der Waals surface area (Å²) in [5.74, 6) is 0.911. The number of nitrogens with one attached hydrogen (secondary N) is 1. The van der Waals surface area contributed by atoms with E-state index in [-0.39, 0.29) is 30.1 Å². The van der Waals surface area contributed by atoms with Crippen LogP contribution in [-0.4, -0.2) is 31.8 Å². The molecule has 1 N–H and O–H groups in total. The van der Waals surface area contributed by atoms with Gasteiger partial charge in [0.2, 0.25) is 0 Å². The van der Waals surface area contributed by atoms with Gasteiger partial charge in [-0.2, -0.15) is 5.48 Å². The van der Waals surface area contributed by atoms with Gasteiger partial charge < -0.3 is 14.2 Å². The van der Waals surface area contributed by atoms with Gasteiger partial charge in [-0.05, 0) is 43.4 Å². The lowest BCUT2D eigenvalue weighted by Crippen LogP contribution is -2.26. The Kier molecular flexibility index (Phi) is 3.87. The first kappa shape index (κ1) is 14.8. The summed E-state index contributed by atoms with van der Waals surface area (Å²) in [7, 11) is 1.63. The Balaban J connectivity index is 1.60. The highest BCUT2D eigenvalue weighted by Gasteiger charge is 2.49. The number of esters is 1. The Hall–Kier alpha value is -1.79. The molecule has 4 rings (SSSR count). The van der Waals surface area contributed by atoms with Gasteiger partial charge in [-0.15, -0.1) is 0 Å². The Morgan fingerprint density at radius 1 is 1.22 bits per heavy atom. The molecule has 0 amide bonds. The largest absolute Gasteiger partial charge is 0.493 e. The van der Waals surface area contributed by atoms with Crippen molar-refractivity contribution in [3.63, 3.8) is 0 Å². The fourth-order valence-electron chi connectivity index (χ4n) is 3.64. The molecule has 0 spiro atoms. The Morgan fingerprint density at radius 3 is 2.83 bits per heavy atom. The topological polar surface area (TPSA) is 66.0 Å². The predicted molar refractivity (Wildman–Crippen MR) is 81.1 cm³/mol.